The number of rotatable bonds is 5. The summed E-state index contributed by atoms with van der Waals surface area (Å²) in [6, 6.07) is 0. The second-order valence-corrected chi connectivity index (χ2v) is 4.41. The van der Waals surface area contributed by atoms with Crippen molar-refractivity contribution in [1.29, 1.82) is 0 Å². The summed E-state index contributed by atoms with van der Waals surface area (Å²) in [6.07, 6.45) is 1.93. The maximum absolute atomic E-state index is 11.0. The molecular weight excluding hydrogens is 198 g/mol. The Morgan fingerprint density at radius 3 is 1.87 bits per heavy atom. The fourth-order valence-corrected chi connectivity index (χ4v) is 2.53. The minimum absolute atomic E-state index is 0.0439. The average Bonchev–Trinajstić information content (AvgIpc) is 2.46. The van der Waals surface area contributed by atoms with Crippen LogP contribution in [0.3, 0.4) is 0 Å². The molecule has 0 aromatic heterocycles. The van der Waals surface area contributed by atoms with Crippen LogP contribution >= 0.6 is 0 Å². The Morgan fingerprint density at radius 1 is 1.20 bits per heavy atom. The molecule has 2 atom stereocenters. The first-order valence-corrected chi connectivity index (χ1v) is 5.27. The fourth-order valence-electron chi connectivity index (χ4n) is 2.53. The maximum atomic E-state index is 11.0. The van der Waals surface area contributed by atoms with E-state index in [1.807, 2.05) is 0 Å². The lowest BCUT2D eigenvalue weighted by Gasteiger charge is -2.17. The van der Waals surface area contributed by atoms with E-state index in [1.54, 1.807) is 0 Å². The lowest BCUT2D eigenvalue weighted by atomic mass is 9.91. The first-order valence-electron chi connectivity index (χ1n) is 5.27. The van der Waals surface area contributed by atoms with Gasteiger partial charge in [-0.05, 0) is 37.5 Å². The number of aliphatic hydroxyl groups excluding tert-OH is 2. The fraction of sp³-hybridized carbons (Fsp3) is 0.900. The topological polar surface area (TPSA) is 104 Å². The summed E-state index contributed by atoms with van der Waals surface area (Å²) in [5.41, 5.74) is 4.61. The molecule has 15 heavy (non-hydrogen) atoms. The van der Waals surface area contributed by atoms with Gasteiger partial charge in [-0.3, -0.25) is 4.79 Å². The normalized spacial score (nSPS) is 29.3. The van der Waals surface area contributed by atoms with Crippen molar-refractivity contribution in [3.05, 3.63) is 0 Å². The summed E-state index contributed by atoms with van der Waals surface area (Å²) in [5, 5.41) is 26.7. The number of nitrogens with two attached hydrogens (primary N) is 1. The Kier molecular flexibility index (Phi) is 4.07. The molecule has 1 rings (SSSR count). The summed E-state index contributed by atoms with van der Waals surface area (Å²) < 4.78 is 0. The molecule has 88 valence electrons. The summed E-state index contributed by atoms with van der Waals surface area (Å²) in [4.78, 5) is 11.0. The Labute approximate surface area is 88.9 Å². The first-order chi connectivity index (χ1) is 7.03. The Hall–Kier alpha value is -0.650. The molecule has 5 nitrogen and oxygen atoms in total. The van der Waals surface area contributed by atoms with E-state index < -0.39 is 11.5 Å². The highest BCUT2D eigenvalue weighted by Gasteiger charge is 2.46. The summed E-state index contributed by atoms with van der Waals surface area (Å²) >= 11 is 0. The van der Waals surface area contributed by atoms with Gasteiger partial charge < -0.3 is 21.1 Å². The number of aliphatic carboxylic acids is 1. The Morgan fingerprint density at radius 2 is 1.60 bits per heavy atom. The standard InChI is InChI=1S/C10H19NO4/c11-10(9(14)15)5-7(1-3-12)8(6-10)2-4-13/h7-8,12-13H,1-6,11H2,(H,14,15)/t7-,8-/m1/s1. The van der Waals surface area contributed by atoms with Crippen molar-refractivity contribution in [3.63, 3.8) is 0 Å². The molecule has 0 unspecified atom stereocenters. The largest absolute Gasteiger partial charge is 0.480 e. The molecule has 1 aliphatic carbocycles. The molecule has 0 aromatic carbocycles. The summed E-state index contributed by atoms with van der Waals surface area (Å²) in [6.45, 7) is 0.0879. The van der Waals surface area contributed by atoms with Gasteiger partial charge in [-0.25, -0.2) is 0 Å². The van der Waals surface area contributed by atoms with Crippen LogP contribution < -0.4 is 5.73 Å². The van der Waals surface area contributed by atoms with Crippen LogP contribution in [0.25, 0.3) is 0 Å². The Bertz CT molecular complexity index is 217. The molecule has 0 spiro atoms. The van der Waals surface area contributed by atoms with E-state index in [9.17, 15) is 4.79 Å². The predicted molar refractivity (Wildman–Crippen MR) is 54.2 cm³/mol. The maximum Gasteiger partial charge on any atom is 0.323 e. The molecule has 0 amide bonds. The molecule has 0 aliphatic heterocycles. The number of carboxylic acids is 1. The minimum atomic E-state index is -1.17. The smallest absolute Gasteiger partial charge is 0.323 e. The molecule has 1 fully saturated rings. The van der Waals surface area contributed by atoms with Gasteiger partial charge in [0.2, 0.25) is 0 Å². The van der Waals surface area contributed by atoms with E-state index in [1.165, 1.54) is 0 Å². The molecule has 0 heterocycles. The molecule has 0 aromatic rings. The number of aliphatic hydroxyl groups is 2. The second-order valence-electron chi connectivity index (χ2n) is 4.41. The van der Waals surface area contributed by atoms with E-state index >= 15 is 0 Å². The average molecular weight is 217 g/mol. The monoisotopic (exact) mass is 217 g/mol. The molecule has 0 bridgehead atoms. The Balaban J connectivity index is 2.67. The highest BCUT2D eigenvalue weighted by Crippen LogP contribution is 2.41. The van der Waals surface area contributed by atoms with E-state index in [4.69, 9.17) is 21.1 Å². The van der Waals surface area contributed by atoms with Crippen LogP contribution in [0.4, 0.5) is 0 Å². The van der Waals surface area contributed by atoms with Crippen LogP contribution in [0.15, 0.2) is 0 Å². The van der Waals surface area contributed by atoms with Crippen LogP contribution in [-0.2, 0) is 4.79 Å². The van der Waals surface area contributed by atoms with Gasteiger partial charge in [-0.15, -0.1) is 0 Å². The van der Waals surface area contributed by atoms with Crippen molar-refractivity contribution >= 4 is 5.97 Å². The van der Waals surface area contributed by atoms with Gasteiger partial charge in [0, 0.05) is 13.2 Å². The molecule has 1 aliphatic rings. The van der Waals surface area contributed by atoms with E-state index in [0.29, 0.717) is 25.7 Å². The number of hydrogen-bond acceptors (Lipinski definition) is 4. The zero-order valence-electron chi connectivity index (χ0n) is 8.72. The molecule has 0 saturated heterocycles. The first kappa shape index (κ1) is 12.4. The van der Waals surface area contributed by atoms with E-state index in [2.05, 4.69) is 0 Å². The van der Waals surface area contributed by atoms with Crippen molar-refractivity contribution in [1.82, 2.24) is 0 Å². The molecule has 0 radical (unpaired) electrons. The van der Waals surface area contributed by atoms with Crippen LogP contribution in [0.1, 0.15) is 25.7 Å². The quantitative estimate of drug-likeness (QED) is 0.500. The van der Waals surface area contributed by atoms with Crippen LogP contribution in [0.5, 0.6) is 0 Å². The van der Waals surface area contributed by atoms with E-state index in [-0.39, 0.29) is 25.0 Å². The summed E-state index contributed by atoms with van der Waals surface area (Å²) in [5.74, 6) is -0.752. The van der Waals surface area contributed by atoms with Gasteiger partial charge in [0.15, 0.2) is 0 Å². The van der Waals surface area contributed by atoms with Gasteiger partial charge in [0.05, 0.1) is 0 Å². The highest BCUT2D eigenvalue weighted by molar-refractivity contribution is 5.79. The summed E-state index contributed by atoms with van der Waals surface area (Å²) in [7, 11) is 0. The zero-order valence-corrected chi connectivity index (χ0v) is 8.72. The molecule has 1 saturated carbocycles. The minimum Gasteiger partial charge on any atom is -0.480 e. The van der Waals surface area contributed by atoms with Gasteiger partial charge >= 0.3 is 5.97 Å². The molecular formula is C10H19NO4. The lowest BCUT2D eigenvalue weighted by molar-refractivity contribution is -0.143. The third-order valence-corrected chi connectivity index (χ3v) is 3.35. The number of hydrogen-bond donors (Lipinski definition) is 4. The van der Waals surface area contributed by atoms with Gasteiger partial charge in [-0.2, -0.15) is 0 Å². The van der Waals surface area contributed by atoms with Gasteiger partial charge in [-0.1, -0.05) is 0 Å². The predicted octanol–water partition coefficient (Wildman–Crippen LogP) is -0.441. The van der Waals surface area contributed by atoms with Crippen molar-refractivity contribution in [2.45, 2.75) is 31.2 Å². The number of carboxylic acid groups (broad SMARTS) is 1. The zero-order chi connectivity index (χ0) is 11.5. The van der Waals surface area contributed by atoms with Crippen molar-refractivity contribution in [2.24, 2.45) is 17.6 Å². The van der Waals surface area contributed by atoms with Crippen LogP contribution in [0, 0.1) is 11.8 Å². The van der Waals surface area contributed by atoms with Gasteiger partial charge in [0.25, 0.3) is 0 Å². The molecule has 5 N–H and O–H groups in total. The second kappa shape index (κ2) is 4.92. The van der Waals surface area contributed by atoms with Crippen LogP contribution in [-0.4, -0.2) is 40.0 Å². The third kappa shape index (κ3) is 2.68. The number of carbonyl (C=O) groups is 1. The van der Waals surface area contributed by atoms with Crippen molar-refractivity contribution < 1.29 is 20.1 Å². The van der Waals surface area contributed by atoms with Crippen molar-refractivity contribution in [2.75, 3.05) is 13.2 Å². The van der Waals surface area contributed by atoms with E-state index in [0.717, 1.165) is 0 Å². The molecule has 5 heteroatoms. The third-order valence-electron chi connectivity index (χ3n) is 3.35. The van der Waals surface area contributed by atoms with Gasteiger partial charge in [0.1, 0.15) is 5.54 Å². The highest BCUT2D eigenvalue weighted by atomic mass is 16.4. The van der Waals surface area contributed by atoms with Crippen LogP contribution in [0.2, 0.25) is 0 Å². The van der Waals surface area contributed by atoms with Crippen molar-refractivity contribution in [3.8, 4) is 0 Å². The SMILES string of the molecule is NC1(C(=O)O)C[C@@H](CCO)[C@H](CCO)C1. The lowest BCUT2D eigenvalue weighted by Crippen LogP contribution is -2.45.